The van der Waals surface area contributed by atoms with Gasteiger partial charge >= 0.3 is 5.97 Å². The fraction of sp³-hybridized carbons (Fsp3) is 0.238. The van der Waals surface area contributed by atoms with Gasteiger partial charge in [0.05, 0.1) is 16.8 Å². The minimum absolute atomic E-state index is 0.259. The Hall–Kier alpha value is -2.64. The first kappa shape index (κ1) is 20.1. The number of carbonyl (C=O) groups is 1. The van der Waals surface area contributed by atoms with Gasteiger partial charge in [0.2, 0.25) is 5.89 Å². The van der Waals surface area contributed by atoms with E-state index in [-0.39, 0.29) is 6.42 Å². The molecule has 0 aliphatic carbocycles. The summed E-state index contributed by atoms with van der Waals surface area (Å²) >= 11 is 3.46. The molecule has 28 heavy (non-hydrogen) atoms. The van der Waals surface area contributed by atoms with E-state index in [0.717, 1.165) is 27.1 Å². The molecular formula is C21H21BrN2O4. The quantitative estimate of drug-likeness (QED) is 0.544. The molecule has 0 aliphatic rings. The van der Waals surface area contributed by atoms with Crippen LogP contribution in [-0.2, 0) is 17.6 Å². The largest absolute Gasteiger partial charge is 0.492 e. The lowest BCUT2D eigenvalue weighted by Gasteiger charge is -2.11. The third kappa shape index (κ3) is 4.99. The molecule has 0 spiro atoms. The van der Waals surface area contributed by atoms with Crippen molar-refractivity contribution in [3.05, 3.63) is 70.0 Å². The molecule has 0 bridgehead atoms. The van der Waals surface area contributed by atoms with Crippen LogP contribution in [0.1, 0.15) is 17.0 Å². The van der Waals surface area contributed by atoms with Crippen molar-refractivity contribution in [2.24, 2.45) is 5.73 Å². The zero-order valence-corrected chi connectivity index (χ0v) is 17.0. The van der Waals surface area contributed by atoms with E-state index in [2.05, 4.69) is 20.9 Å². The molecule has 0 radical (unpaired) electrons. The van der Waals surface area contributed by atoms with Gasteiger partial charge < -0.3 is 20.0 Å². The molecule has 146 valence electrons. The molecule has 3 rings (SSSR count). The fourth-order valence-electron chi connectivity index (χ4n) is 2.75. The van der Waals surface area contributed by atoms with Gasteiger partial charge in [0.25, 0.3) is 0 Å². The third-order valence-corrected chi connectivity index (χ3v) is 4.90. The second-order valence-electron chi connectivity index (χ2n) is 6.40. The average molecular weight is 445 g/mol. The summed E-state index contributed by atoms with van der Waals surface area (Å²) in [6.45, 7) is 2.33. The highest BCUT2D eigenvalue weighted by molar-refractivity contribution is 9.10. The van der Waals surface area contributed by atoms with E-state index in [1.54, 1.807) is 6.07 Å². The standard InChI is InChI=1S/C21H21BrN2O4/c1-13-18(24-20(28-13)15-5-3-2-4-6-15)9-10-27-19-8-7-14(11-16(19)22)12-17(23)21(25)26/h2-8,11,17H,9-10,12,23H2,1H3,(H,25,26)/t17-/m0/s1. The van der Waals surface area contributed by atoms with Gasteiger partial charge in [0.1, 0.15) is 17.6 Å². The Morgan fingerprint density at radius 1 is 1.29 bits per heavy atom. The predicted molar refractivity (Wildman–Crippen MR) is 109 cm³/mol. The Labute approximate surface area is 171 Å². The van der Waals surface area contributed by atoms with Crippen LogP contribution in [0, 0.1) is 6.92 Å². The Kier molecular flexibility index (Phi) is 6.49. The summed E-state index contributed by atoms with van der Waals surface area (Å²) in [5.74, 6) is 1.04. The van der Waals surface area contributed by atoms with Gasteiger partial charge in [-0.3, -0.25) is 4.79 Å². The highest BCUT2D eigenvalue weighted by atomic mass is 79.9. The zero-order chi connectivity index (χ0) is 20.1. The first-order valence-corrected chi connectivity index (χ1v) is 9.64. The number of aryl methyl sites for hydroxylation is 1. The molecule has 0 saturated heterocycles. The second kappa shape index (κ2) is 9.03. The van der Waals surface area contributed by atoms with Crippen LogP contribution in [0.25, 0.3) is 11.5 Å². The number of aliphatic carboxylic acids is 1. The van der Waals surface area contributed by atoms with Crippen molar-refractivity contribution < 1.29 is 19.1 Å². The topological polar surface area (TPSA) is 98.6 Å². The molecule has 0 aliphatic heterocycles. The van der Waals surface area contributed by atoms with E-state index < -0.39 is 12.0 Å². The monoisotopic (exact) mass is 444 g/mol. The van der Waals surface area contributed by atoms with E-state index in [1.165, 1.54) is 0 Å². The number of carboxylic acids is 1. The minimum atomic E-state index is -1.02. The Morgan fingerprint density at radius 2 is 2.04 bits per heavy atom. The number of carboxylic acid groups (broad SMARTS) is 1. The molecule has 0 unspecified atom stereocenters. The average Bonchev–Trinajstić information content (AvgIpc) is 3.05. The number of hydrogen-bond donors (Lipinski definition) is 2. The Morgan fingerprint density at radius 3 is 2.71 bits per heavy atom. The number of hydrogen-bond acceptors (Lipinski definition) is 5. The van der Waals surface area contributed by atoms with Gasteiger partial charge in [-0.1, -0.05) is 24.3 Å². The van der Waals surface area contributed by atoms with Crippen molar-refractivity contribution in [3.8, 4) is 17.2 Å². The first-order valence-electron chi connectivity index (χ1n) is 8.85. The summed E-state index contributed by atoms with van der Waals surface area (Å²) in [5, 5.41) is 8.91. The van der Waals surface area contributed by atoms with E-state index in [1.807, 2.05) is 49.4 Å². The third-order valence-electron chi connectivity index (χ3n) is 4.28. The van der Waals surface area contributed by atoms with Crippen LogP contribution in [0.15, 0.2) is 57.4 Å². The molecule has 1 atom stereocenters. The Balaban J connectivity index is 1.59. The van der Waals surface area contributed by atoms with E-state index in [9.17, 15) is 4.79 Å². The second-order valence-corrected chi connectivity index (χ2v) is 7.25. The molecule has 1 heterocycles. The van der Waals surface area contributed by atoms with Crippen molar-refractivity contribution in [2.75, 3.05) is 6.61 Å². The summed E-state index contributed by atoms with van der Waals surface area (Å²) in [5.41, 5.74) is 8.21. The fourth-order valence-corrected chi connectivity index (χ4v) is 3.29. The minimum Gasteiger partial charge on any atom is -0.492 e. The number of ether oxygens (including phenoxy) is 1. The number of halogens is 1. The van der Waals surface area contributed by atoms with Gasteiger partial charge in [0.15, 0.2) is 0 Å². The molecule has 1 aromatic heterocycles. The van der Waals surface area contributed by atoms with Crippen LogP contribution in [-0.4, -0.2) is 28.7 Å². The summed E-state index contributed by atoms with van der Waals surface area (Å²) in [6, 6.07) is 14.3. The van der Waals surface area contributed by atoms with Crippen molar-refractivity contribution in [1.29, 1.82) is 0 Å². The molecule has 7 heteroatoms. The van der Waals surface area contributed by atoms with Crippen molar-refractivity contribution in [2.45, 2.75) is 25.8 Å². The maximum Gasteiger partial charge on any atom is 0.320 e. The lowest BCUT2D eigenvalue weighted by Crippen LogP contribution is -2.32. The summed E-state index contributed by atoms with van der Waals surface area (Å²) in [4.78, 5) is 15.4. The molecule has 0 saturated carbocycles. The maximum absolute atomic E-state index is 10.9. The van der Waals surface area contributed by atoms with Gasteiger partial charge in [-0.25, -0.2) is 4.98 Å². The van der Waals surface area contributed by atoms with Crippen molar-refractivity contribution >= 4 is 21.9 Å². The highest BCUT2D eigenvalue weighted by Gasteiger charge is 2.14. The number of benzene rings is 2. The van der Waals surface area contributed by atoms with Crippen molar-refractivity contribution in [3.63, 3.8) is 0 Å². The van der Waals surface area contributed by atoms with Crippen LogP contribution < -0.4 is 10.5 Å². The molecular weight excluding hydrogens is 424 g/mol. The molecule has 6 nitrogen and oxygen atoms in total. The number of oxazole rings is 1. The molecule has 2 aromatic carbocycles. The smallest absolute Gasteiger partial charge is 0.320 e. The van der Waals surface area contributed by atoms with Crippen LogP contribution in [0.5, 0.6) is 5.75 Å². The van der Waals surface area contributed by atoms with Crippen molar-refractivity contribution in [1.82, 2.24) is 4.98 Å². The number of nitrogens with two attached hydrogens (primary N) is 1. The van der Waals surface area contributed by atoms with Crippen LogP contribution >= 0.6 is 15.9 Å². The first-order chi connectivity index (χ1) is 13.4. The number of nitrogens with zero attached hydrogens (tertiary/aromatic N) is 1. The van der Waals surface area contributed by atoms with Crippen LogP contribution in [0.2, 0.25) is 0 Å². The van der Waals surface area contributed by atoms with Crippen LogP contribution in [0.4, 0.5) is 0 Å². The number of rotatable bonds is 8. The lowest BCUT2D eigenvalue weighted by molar-refractivity contribution is -0.138. The Bertz CT molecular complexity index is 956. The molecule has 3 aromatic rings. The molecule has 3 N–H and O–H groups in total. The molecule has 0 fully saturated rings. The number of aromatic nitrogens is 1. The maximum atomic E-state index is 10.9. The van der Waals surface area contributed by atoms with Gasteiger partial charge in [-0.2, -0.15) is 0 Å². The predicted octanol–water partition coefficient (Wildman–Crippen LogP) is 3.99. The van der Waals surface area contributed by atoms with E-state index in [0.29, 0.717) is 24.7 Å². The normalized spacial score (nSPS) is 12.0. The summed E-state index contributed by atoms with van der Waals surface area (Å²) in [6.07, 6.45) is 0.870. The molecule has 0 amide bonds. The van der Waals surface area contributed by atoms with E-state index in [4.69, 9.17) is 20.0 Å². The zero-order valence-electron chi connectivity index (χ0n) is 15.4. The highest BCUT2D eigenvalue weighted by Crippen LogP contribution is 2.27. The SMILES string of the molecule is Cc1oc(-c2ccccc2)nc1CCOc1ccc(C[C@H](N)C(=O)O)cc1Br. The van der Waals surface area contributed by atoms with Gasteiger partial charge in [-0.15, -0.1) is 0 Å². The summed E-state index contributed by atoms with van der Waals surface area (Å²) < 4.78 is 12.4. The summed E-state index contributed by atoms with van der Waals surface area (Å²) in [7, 11) is 0. The van der Waals surface area contributed by atoms with Gasteiger partial charge in [0, 0.05) is 12.0 Å². The lowest BCUT2D eigenvalue weighted by atomic mass is 10.1. The van der Waals surface area contributed by atoms with E-state index >= 15 is 0 Å². The van der Waals surface area contributed by atoms with Crippen LogP contribution in [0.3, 0.4) is 0 Å². The van der Waals surface area contributed by atoms with Gasteiger partial charge in [-0.05, 0) is 59.1 Å².